The molecule has 0 spiro atoms. The van der Waals surface area contributed by atoms with Crippen LogP contribution in [0.4, 0.5) is 5.69 Å². The number of hydrogen-bond donors (Lipinski definition) is 2. The maximum absolute atomic E-state index is 12.6. The third-order valence-electron chi connectivity index (χ3n) is 5.84. The zero-order valence-corrected chi connectivity index (χ0v) is 19.3. The molecule has 2 saturated heterocycles. The Bertz CT molecular complexity index is 1020. The van der Waals surface area contributed by atoms with Crippen LogP contribution in [0.2, 0.25) is 0 Å². The van der Waals surface area contributed by atoms with Crippen LogP contribution in [0.15, 0.2) is 46.7 Å². The van der Waals surface area contributed by atoms with Gasteiger partial charge in [0.05, 0.1) is 15.9 Å². The van der Waals surface area contributed by atoms with E-state index in [-0.39, 0.29) is 35.3 Å². The Hall–Kier alpha value is -2.27. The smallest absolute Gasteiger partial charge is 0.263 e. The predicted octanol–water partition coefficient (Wildman–Crippen LogP) is 2.70. The van der Waals surface area contributed by atoms with Gasteiger partial charge in [-0.2, -0.15) is 0 Å². The molecule has 3 heterocycles. The first-order chi connectivity index (χ1) is 15.4. The van der Waals surface area contributed by atoms with Crippen molar-refractivity contribution in [3.8, 4) is 0 Å². The van der Waals surface area contributed by atoms with E-state index < -0.39 is 10.0 Å². The summed E-state index contributed by atoms with van der Waals surface area (Å²) in [5, 5.41) is 4.74. The predicted molar refractivity (Wildman–Crippen MR) is 122 cm³/mol. The summed E-state index contributed by atoms with van der Waals surface area (Å²) >= 11 is 1.42. The molecule has 2 amide bonds. The fourth-order valence-corrected chi connectivity index (χ4v) is 5.71. The van der Waals surface area contributed by atoms with Gasteiger partial charge >= 0.3 is 0 Å². The van der Waals surface area contributed by atoms with E-state index in [0.29, 0.717) is 43.1 Å². The lowest BCUT2D eigenvalue weighted by Crippen LogP contribution is -2.41. The van der Waals surface area contributed by atoms with E-state index in [1.54, 1.807) is 17.0 Å². The van der Waals surface area contributed by atoms with Crippen molar-refractivity contribution in [3.63, 3.8) is 0 Å². The summed E-state index contributed by atoms with van der Waals surface area (Å²) in [6.07, 6.45) is 2.93. The molecule has 1 atom stereocenters. The van der Waals surface area contributed by atoms with Crippen molar-refractivity contribution in [2.24, 2.45) is 5.92 Å². The van der Waals surface area contributed by atoms with E-state index in [1.807, 2.05) is 17.5 Å². The van der Waals surface area contributed by atoms with Crippen molar-refractivity contribution in [1.29, 1.82) is 0 Å². The van der Waals surface area contributed by atoms with Crippen LogP contribution in [-0.4, -0.2) is 57.5 Å². The van der Waals surface area contributed by atoms with Gasteiger partial charge in [-0.25, -0.2) is 13.1 Å². The monoisotopic (exact) mass is 477 g/mol. The summed E-state index contributed by atoms with van der Waals surface area (Å²) in [7, 11) is -3.63. The minimum absolute atomic E-state index is 0.0174. The number of amides is 2. The van der Waals surface area contributed by atoms with Crippen LogP contribution in [0.3, 0.4) is 0 Å². The Kier molecular flexibility index (Phi) is 7.24. The number of carbonyl (C=O) groups is 2. The molecule has 0 aliphatic carbocycles. The second kappa shape index (κ2) is 10.1. The normalized spacial score (nSPS) is 19.8. The molecule has 2 fully saturated rings. The highest BCUT2D eigenvalue weighted by molar-refractivity contribution is 7.89. The maximum atomic E-state index is 12.6. The first-order valence-corrected chi connectivity index (χ1v) is 13.1. The van der Waals surface area contributed by atoms with Crippen LogP contribution >= 0.6 is 11.3 Å². The molecule has 8 nitrogen and oxygen atoms in total. The third-order valence-corrected chi connectivity index (χ3v) is 8.14. The number of piperidine rings is 1. The van der Waals surface area contributed by atoms with Crippen molar-refractivity contribution < 1.29 is 22.7 Å². The molecule has 32 heavy (non-hydrogen) atoms. The van der Waals surface area contributed by atoms with E-state index in [4.69, 9.17) is 4.74 Å². The topological polar surface area (TPSA) is 105 Å². The number of sulfonamides is 1. The molecule has 10 heteroatoms. The highest BCUT2D eigenvalue weighted by Crippen LogP contribution is 2.23. The summed E-state index contributed by atoms with van der Waals surface area (Å²) in [5.41, 5.74) is 0.546. The van der Waals surface area contributed by atoms with Gasteiger partial charge in [0.2, 0.25) is 15.9 Å². The van der Waals surface area contributed by atoms with Gasteiger partial charge in [-0.05, 0) is 61.4 Å². The Balaban J connectivity index is 1.27. The van der Waals surface area contributed by atoms with Crippen molar-refractivity contribution >= 4 is 38.9 Å². The second-order valence-electron chi connectivity index (χ2n) is 8.04. The Morgan fingerprint density at radius 2 is 1.84 bits per heavy atom. The Morgan fingerprint density at radius 3 is 2.47 bits per heavy atom. The van der Waals surface area contributed by atoms with Crippen LogP contribution in [-0.2, 0) is 19.6 Å². The first-order valence-electron chi connectivity index (χ1n) is 10.8. The van der Waals surface area contributed by atoms with Crippen LogP contribution in [0.1, 0.15) is 35.4 Å². The molecule has 0 saturated carbocycles. The molecular formula is C22H27N3O5S2. The molecule has 2 aliphatic rings. The summed E-state index contributed by atoms with van der Waals surface area (Å²) in [6.45, 7) is 2.02. The van der Waals surface area contributed by atoms with Gasteiger partial charge in [-0.15, -0.1) is 11.3 Å². The number of anilines is 1. The van der Waals surface area contributed by atoms with Gasteiger partial charge in [-0.3, -0.25) is 9.59 Å². The number of ether oxygens (including phenoxy) is 1. The Morgan fingerprint density at radius 1 is 1.09 bits per heavy atom. The number of hydrogen-bond acceptors (Lipinski definition) is 6. The number of carbonyl (C=O) groups excluding carboxylic acids is 2. The number of nitrogens with one attached hydrogen (secondary N) is 2. The van der Waals surface area contributed by atoms with E-state index in [1.165, 1.54) is 23.5 Å². The largest absolute Gasteiger partial charge is 0.377 e. The van der Waals surface area contributed by atoms with Gasteiger partial charge in [0.1, 0.15) is 0 Å². The molecule has 1 aromatic carbocycles. The van der Waals surface area contributed by atoms with Gasteiger partial charge in [-0.1, -0.05) is 6.07 Å². The van der Waals surface area contributed by atoms with Crippen LogP contribution < -0.4 is 10.0 Å². The average Bonchev–Trinajstić information content (AvgIpc) is 3.52. The summed E-state index contributed by atoms with van der Waals surface area (Å²) in [5.74, 6) is -0.275. The lowest BCUT2D eigenvalue weighted by atomic mass is 9.95. The molecule has 1 aromatic heterocycles. The zero-order valence-electron chi connectivity index (χ0n) is 17.7. The molecule has 2 aromatic rings. The molecule has 2 N–H and O–H groups in total. The fourth-order valence-electron chi connectivity index (χ4n) is 3.95. The van der Waals surface area contributed by atoms with Gasteiger partial charge in [0.25, 0.3) is 5.91 Å². The van der Waals surface area contributed by atoms with E-state index in [9.17, 15) is 18.0 Å². The standard InChI is InChI=1S/C22H27N3O5S2/c26-21(16-9-11-25(12-10-16)22(27)20-4-2-14-31-20)24-17-5-7-19(8-6-17)32(28,29)23-15-18-3-1-13-30-18/h2,4-8,14,16,18,23H,1,3,9-13,15H2,(H,24,26). The van der Waals surface area contributed by atoms with Crippen molar-refractivity contribution in [3.05, 3.63) is 46.7 Å². The Labute approximate surface area is 192 Å². The van der Waals surface area contributed by atoms with Crippen molar-refractivity contribution in [2.45, 2.75) is 36.7 Å². The van der Waals surface area contributed by atoms with Crippen molar-refractivity contribution in [1.82, 2.24) is 9.62 Å². The number of thiophene rings is 1. The van der Waals surface area contributed by atoms with Gasteiger partial charge in [0, 0.05) is 37.8 Å². The van der Waals surface area contributed by atoms with E-state index in [0.717, 1.165) is 12.8 Å². The molecule has 0 radical (unpaired) electrons. The SMILES string of the molecule is O=C(Nc1ccc(S(=O)(=O)NCC2CCCO2)cc1)C1CCN(C(=O)c2cccs2)CC1. The third kappa shape index (κ3) is 5.55. The van der Waals surface area contributed by atoms with Crippen LogP contribution in [0, 0.1) is 5.92 Å². The zero-order chi connectivity index (χ0) is 22.6. The lowest BCUT2D eigenvalue weighted by Gasteiger charge is -2.31. The molecule has 2 aliphatic heterocycles. The molecule has 0 bridgehead atoms. The maximum Gasteiger partial charge on any atom is 0.263 e. The van der Waals surface area contributed by atoms with E-state index >= 15 is 0 Å². The minimum atomic E-state index is -3.63. The summed E-state index contributed by atoms with van der Waals surface area (Å²) in [6, 6.07) is 9.82. The number of rotatable bonds is 7. The summed E-state index contributed by atoms with van der Waals surface area (Å²) < 4.78 is 32.9. The minimum Gasteiger partial charge on any atom is -0.377 e. The van der Waals surface area contributed by atoms with Crippen LogP contribution in [0.25, 0.3) is 0 Å². The van der Waals surface area contributed by atoms with Gasteiger partial charge in [0.15, 0.2) is 0 Å². The fraction of sp³-hybridized carbons (Fsp3) is 0.455. The number of likely N-dealkylation sites (tertiary alicyclic amines) is 1. The quantitative estimate of drug-likeness (QED) is 0.638. The highest BCUT2D eigenvalue weighted by atomic mass is 32.2. The lowest BCUT2D eigenvalue weighted by molar-refractivity contribution is -0.121. The molecular weight excluding hydrogens is 450 g/mol. The second-order valence-corrected chi connectivity index (χ2v) is 10.8. The molecule has 4 rings (SSSR count). The summed E-state index contributed by atoms with van der Waals surface area (Å²) in [4.78, 5) is 27.7. The average molecular weight is 478 g/mol. The number of nitrogens with zero attached hydrogens (tertiary/aromatic N) is 1. The number of benzene rings is 1. The molecule has 172 valence electrons. The first kappa shape index (κ1) is 22.9. The van der Waals surface area contributed by atoms with E-state index in [2.05, 4.69) is 10.0 Å². The highest BCUT2D eigenvalue weighted by Gasteiger charge is 2.28. The van der Waals surface area contributed by atoms with Gasteiger partial charge < -0.3 is 15.0 Å². The van der Waals surface area contributed by atoms with Crippen LogP contribution in [0.5, 0.6) is 0 Å². The van der Waals surface area contributed by atoms with Crippen molar-refractivity contribution in [2.75, 3.05) is 31.6 Å². The molecule has 1 unspecified atom stereocenters.